The van der Waals surface area contributed by atoms with Gasteiger partial charge in [-0.25, -0.2) is 0 Å². The van der Waals surface area contributed by atoms with Crippen molar-refractivity contribution in [2.45, 2.75) is 12.1 Å². The molecule has 3 aromatic rings. The van der Waals surface area contributed by atoms with Crippen LogP contribution < -0.4 is 0 Å². The third-order valence-electron chi connectivity index (χ3n) is 4.38. The summed E-state index contributed by atoms with van der Waals surface area (Å²) in [6, 6.07) is 31.2. The van der Waals surface area contributed by atoms with Gasteiger partial charge in [-0.1, -0.05) is 91.0 Å². The molecule has 0 spiro atoms. The molecule has 3 aromatic carbocycles. The molecule has 0 aromatic heterocycles. The molecule has 1 aliphatic rings. The Balaban J connectivity index is 1.71. The van der Waals surface area contributed by atoms with E-state index in [2.05, 4.69) is 60.7 Å². The smallest absolute Gasteiger partial charge is 0.160 e. The van der Waals surface area contributed by atoms with E-state index >= 15 is 0 Å². The highest BCUT2D eigenvalue weighted by molar-refractivity contribution is 6.02. The average molecular weight is 313 g/mol. The quantitative estimate of drug-likeness (QED) is 0.686. The van der Waals surface area contributed by atoms with Crippen molar-refractivity contribution < 1.29 is 4.74 Å². The van der Waals surface area contributed by atoms with E-state index in [0.29, 0.717) is 6.61 Å². The minimum atomic E-state index is -0.190. The van der Waals surface area contributed by atoms with Gasteiger partial charge in [-0.15, -0.1) is 0 Å². The summed E-state index contributed by atoms with van der Waals surface area (Å²) in [4.78, 5) is 4.91. The van der Waals surface area contributed by atoms with Crippen LogP contribution in [0, 0.1) is 0 Å². The Labute approximate surface area is 142 Å². The second-order valence-corrected chi connectivity index (χ2v) is 5.94. The molecule has 2 nitrogen and oxygen atoms in total. The molecule has 0 N–H and O–H groups in total. The minimum absolute atomic E-state index is 0.105. The van der Waals surface area contributed by atoms with Crippen molar-refractivity contribution in [2.75, 3.05) is 6.61 Å². The number of benzene rings is 3. The maximum atomic E-state index is 6.09. The lowest BCUT2D eigenvalue weighted by atomic mass is 9.90. The second kappa shape index (κ2) is 6.81. The Morgan fingerprint density at radius 2 is 1.21 bits per heavy atom. The first-order valence-electron chi connectivity index (χ1n) is 8.25. The fourth-order valence-electron chi connectivity index (χ4n) is 3.19. The minimum Gasteiger partial charge on any atom is -0.349 e. The largest absolute Gasteiger partial charge is 0.349 e. The van der Waals surface area contributed by atoms with E-state index in [1.807, 2.05) is 30.3 Å². The van der Waals surface area contributed by atoms with E-state index in [4.69, 9.17) is 9.73 Å². The van der Waals surface area contributed by atoms with Gasteiger partial charge in [0.05, 0.1) is 18.2 Å². The maximum absolute atomic E-state index is 6.09. The molecular formula is C22H19NO. The zero-order valence-electron chi connectivity index (χ0n) is 13.4. The monoisotopic (exact) mass is 313 g/mol. The lowest BCUT2D eigenvalue weighted by molar-refractivity contribution is 0.0961. The zero-order chi connectivity index (χ0) is 16.2. The van der Waals surface area contributed by atoms with Crippen LogP contribution in [0.15, 0.2) is 96.0 Å². The summed E-state index contributed by atoms with van der Waals surface area (Å²) < 4.78 is 6.09. The summed E-state index contributed by atoms with van der Waals surface area (Å²) >= 11 is 0. The Hall–Kier alpha value is -2.71. The van der Waals surface area contributed by atoms with E-state index in [0.717, 1.165) is 11.3 Å². The van der Waals surface area contributed by atoms with Crippen LogP contribution in [0.5, 0.6) is 0 Å². The Kier molecular flexibility index (Phi) is 4.22. The SMILES string of the molecule is c1ccc(C2=NC(C(c3ccccc3)c3ccccc3)OC2)cc1. The van der Waals surface area contributed by atoms with Crippen LogP contribution in [0.1, 0.15) is 22.6 Å². The molecule has 0 bridgehead atoms. The normalized spacial score (nSPS) is 17.0. The molecule has 1 unspecified atom stereocenters. The number of ether oxygens (including phenoxy) is 1. The summed E-state index contributed by atoms with van der Waals surface area (Å²) in [5.41, 5.74) is 4.62. The van der Waals surface area contributed by atoms with Crippen molar-refractivity contribution in [1.29, 1.82) is 0 Å². The number of hydrogen-bond donors (Lipinski definition) is 0. The molecule has 118 valence electrons. The zero-order valence-corrected chi connectivity index (χ0v) is 13.4. The molecule has 0 saturated carbocycles. The molecule has 1 aliphatic heterocycles. The lowest BCUT2D eigenvalue weighted by Gasteiger charge is -2.22. The molecule has 0 aliphatic carbocycles. The first-order valence-corrected chi connectivity index (χ1v) is 8.25. The van der Waals surface area contributed by atoms with Crippen molar-refractivity contribution in [1.82, 2.24) is 0 Å². The molecule has 0 radical (unpaired) electrons. The average Bonchev–Trinajstić information content (AvgIpc) is 3.14. The summed E-state index contributed by atoms with van der Waals surface area (Å²) in [5, 5.41) is 0. The van der Waals surface area contributed by atoms with E-state index in [1.54, 1.807) is 0 Å². The maximum Gasteiger partial charge on any atom is 0.160 e. The Morgan fingerprint density at radius 3 is 1.75 bits per heavy atom. The van der Waals surface area contributed by atoms with Gasteiger partial charge in [0.15, 0.2) is 6.23 Å². The Morgan fingerprint density at radius 1 is 0.708 bits per heavy atom. The molecule has 0 amide bonds. The predicted molar refractivity (Wildman–Crippen MR) is 97.4 cm³/mol. The highest BCUT2D eigenvalue weighted by atomic mass is 16.5. The van der Waals surface area contributed by atoms with Gasteiger partial charge in [-0.3, -0.25) is 4.99 Å². The van der Waals surface area contributed by atoms with E-state index in [9.17, 15) is 0 Å². The van der Waals surface area contributed by atoms with E-state index < -0.39 is 0 Å². The summed E-state index contributed by atoms with van der Waals surface area (Å²) in [6.07, 6.45) is -0.190. The number of rotatable bonds is 4. The first-order chi connectivity index (χ1) is 11.9. The van der Waals surface area contributed by atoms with Crippen LogP contribution >= 0.6 is 0 Å². The summed E-state index contributed by atoms with van der Waals surface area (Å²) in [5.74, 6) is 0.105. The van der Waals surface area contributed by atoms with Crippen LogP contribution in [0.3, 0.4) is 0 Å². The number of hydrogen-bond acceptors (Lipinski definition) is 2. The second-order valence-electron chi connectivity index (χ2n) is 5.94. The first kappa shape index (κ1) is 14.9. The molecule has 1 atom stereocenters. The fourth-order valence-corrected chi connectivity index (χ4v) is 3.19. The third-order valence-corrected chi connectivity index (χ3v) is 4.38. The summed E-state index contributed by atoms with van der Waals surface area (Å²) in [7, 11) is 0. The van der Waals surface area contributed by atoms with Crippen LogP contribution in [-0.2, 0) is 4.74 Å². The van der Waals surface area contributed by atoms with Gasteiger partial charge in [0.1, 0.15) is 0 Å². The van der Waals surface area contributed by atoms with E-state index in [-0.39, 0.29) is 12.1 Å². The van der Waals surface area contributed by atoms with Crippen LogP contribution in [0.25, 0.3) is 0 Å². The van der Waals surface area contributed by atoms with Gasteiger partial charge in [-0.2, -0.15) is 0 Å². The number of aliphatic imine (C=N–C) groups is 1. The highest BCUT2D eigenvalue weighted by Gasteiger charge is 2.30. The van der Waals surface area contributed by atoms with Gasteiger partial charge in [0.2, 0.25) is 0 Å². The Bertz CT molecular complexity index is 773. The lowest BCUT2D eigenvalue weighted by Crippen LogP contribution is -2.18. The van der Waals surface area contributed by atoms with Crippen molar-refractivity contribution in [2.24, 2.45) is 4.99 Å². The van der Waals surface area contributed by atoms with Crippen molar-refractivity contribution in [3.63, 3.8) is 0 Å². The molecular weight excluding hydrogens is 294 g/mol. The van der Waals surface area contributed by atoms with Gasteiger partial charge >= 0.3 is 0 Å². The molecule has 0 saturated heterocycles. The van der Waals surface area contributed by atoms with Gasteiger partial charge in [0, 0.05) is 0 Å². The topological polar surface area (TPSA) is 21.6 Å². The van der Waals surface area contributed by atoms with Gasteiger partial charge < -0.3 is 4.74 Å². The van der Waals surface area contributed by atoms with Gasteiger partial charge in [-0.05, 0) is 16.7 Å². The predicted octanol–water partition coefficient (Wildman–Crippen LogP) is 4.66. The van der Waals surface area contributed by atoms with Crippen molar-refractivity contribution >= 4 is 5.71 Å². The van der Waals surface area contributed by atoms with E-state index in [1.165, 1.54) is 11.1 Å². The fraction of sp³-hybridized carbons (Fsp3) is 0.136. The molecule has 0 fully saturated rings. The van der Waals surface area contributed by atoms with Gasteiger partial charge in [0.25, 0.3) is 0 Å². The number of nitrogens with zero attached hydrogens (tertiary/aromatic N) is 1. The van der Waals surface area contributed by atoms with Crippen LogP contribution in [0.2, 0.25) is 0 Å². The standard InChI is InChI=1S/C22H19NO/c1-4-10-17(11-5-1)20-16-24-22(23-20)21(18-12-6-2-7-13-18)19-14-8-3-9-15-19/h1-15,21-22H,16H2. The van der Waals surface area contributed by atoms with Crippen LogP contribution in [-0.4, -0.2) is 18.5 Å². The molecule has 1 heterocycles. The molecule has 4 rings (SSSR count). The van der Waals surface area contributed by atoms with Crippen LogP contribution in [0.4, 0.5) is 0 Å². The van der Waals surface area contributed by atoms with Crippen molar-refractivity contribution in [3.05, 3.63) is 108 Å². The van der Waals surface area contributed by atoms with Crippen molar-refractivity contribution in [3.8, 4) is 0 Å². The summed E-state index contributed by atoms with van der Waals surface area (Å²) in [6.45, 7) is 0.560. The molecule has 2 heteroatoms. The third kappa shape index (κ3) is 3.01. The molecule has 24 heavy (non-hydrogen) atoms. The highest BCUT2D eigenvalue weighted by Crippen LogP contribution is 2.33.